The van der Waals surface area contributed by atoms with Gasteiger partial charge < -0.3 is 15.1 Å². The van der Waals surface area contributed by atoms with Gasteiger partial charge in [0.15, 0.2) is 4.34 Å². The minimum absolute atomic E-state index is 0.0473. The van der Waals surface area contributed by atoms with E-state index in [1.807, 2.05) is 41.6 Å². The molecular weight excluding hydrogens is 549 g/mol. The van der Waals surface area contributed by atoms with Gasteiger partial charge in [0, 0.05) is 41.6 Å². The Bertz CT molecular complexity index is 1150. The molecule has 1 N–H and O–H groups in total. The molecule has 0 saturated carbocycles. The third-order valence-corrected chi connectivity index (χ3v) is 7.94. The zero-order chi connectivity index (χ0) is 24.3. The van der Waals surface area contributed by atoms with Gasteiger partial charge in [0.05, 0.1) is 28.4 Å². The first-order valence-electron chi connectivity index (χ1n) is 10.5. The van der Waals surface area contributed by atoms with Crippen LogP contribution in [0.2, 0.25) is 0 Å². The number of amides is 1. The van der Waals surface area contributed by atoms with Gasteiger partial charge in [-0.2, -0.15) is 13.2 Å². The number of nitrogens with zero attached hydrogens (tertiary/aromatic N) is 3. The van der Waals surface area contributed by atoms with Crippen LogP contribution < -0.4 is 10.2 Å². The quantitative estimate of drug-likeness (QED) is 0.364. The molecule has 0 bridgehead atoms. The molecule has 4 rings (SSSR count). The number of nitrogens with one attached hydrogen (secondary N) is 1. The summed E-state index contributed by atoms with van der Waals surface area (Å²) >= 11 is 6.09. The fourth-order valence-corrected chi connectivity index (χ4v) is 5.43. The molecule has 34 heavy (non-hydrogen) atoms. The Hall–Kier alpha value is -2.08. The van der Waals surface area contributed by atoms with Crippen LogP contribution in [0.5, 0.6) is 0 Å². The standard InChI is InChI=1S/C23H22BrF3N4OS2/c1-30-8-10-31(11-9-30)20-7-4-16(23(25,26)27)12-18(20)28-21(32)14-34-22-29-19(13-33-22)15-2-5-17(24)6-3-15/h2-7,12-13H,8-11,14H2,1H3,(H,28,32). The van der Waals surface area contributed by atoms with E-state index in [9.17, 15) is 18.0 Å². The summed E-state index contributed by atoms with van der Waals surface area (Å²) in [4.78, 5) is 21.4. The number of likely N-dealkylation sites (N-methyl/N-ethyl adjacent to an activating group) is 1. The molecule has 1 fully saturated rings. The highest BCUT2D eigenvalue weighted by atomic mass is 79.9. The Morgan fingerprint density at radius 2 is 1.85 bits per heavy atom. The number of piperazine rings is 1. The zero-order valence-electron chi connectivity index (χ0n) is 18.2. The summed E-state index contributed by atoms with van der Waals surface area (Å²) in [5.41, 5.74) is 1.78. The molecule has 0 atom stereocenters. The molecule has 3 aromatic rings. The Labute approximate surface area is 212 Å². The number of carbonyl (C=O) groups is 1. The first-order chi connectivity index (χ1) is 16.2. The second-order valence-corrected chi connectivity index (χ2v) is 10.9. The van der Waals surface area contributed by atoms with Gasteiger partial charge in [-0.3, -0.25) is 4.79 Å². The molecule has 0 aliphatic carbocycles. The minimum atomic E-state index is -4.49. The normalized spacial score (nSPS) is 14.9. The van der Waals surface area contributed by atoms with E-state index in [0.29, 0.717) is 18.8 Å². The smallest absolute Gasteiger partial charge is 0.367 e. The van der Waals surface area contributed by atoms with Crippen LogP contribution in [0, 0.1) is 0 Å². The fourth-order valence-electron chi connectivity index (χ4n) is 3.53. The summed E-state index contributed by atoms with van der Waals surface area (Å²) in [5, 5.41) is 4.62. The first-order valence-corrected chi connectivity index (χ1v) is 13.1. The third kappa shape index (κ3) is 6.32. The molecule has 2 aromatic carbocycles. The average molecular weight is 571 g/mol. The second-order valence-electron chi connectivity index (χ2n) is 7.86. The van der Waals surface area contributed by atoms with E-state index in [4.69, 9.17) is 0 Å². The number of alkyl halides is 3. The number of thiazole rings is 1. The van der Waals surface area contributed by atoms with E-state index in [1.54, 1.807) is 0 Å². The predicted molar refractivity (Wildman–Crippen MR) is 136 cm³/mol. The number of aromatic nitrogens is 1. The molecule has 1 saturated heterocycles. The summed E-state index contributed by atoms with van der Waals surface area (Å²) < 4.78 is 41.6. The van der Waals surface area contributed by atoms with Gasteiger partial charge in [-0.05, 0) is 37.4 Å². The number of thioether (sulfide) groups is 1. The number of hydrogen-bond acceptors (Lipinski definition) is 6. The van der Waals surface area contributed by atoms with Crippen LogP contribution in [0.3, 0.4) is 0 Å². The van der Waals surface area contributed by atoms with Crippen LogP contribution in [0.1, 0.15) is 5.56 Å². The van der Waals surface area contributed by atoms with Crippen molar-refractivity contribution in [3.05, 3.63) is 57.9 Å². The summed E-state index contributed by atoms with van der Waals surface area (Å²) in [6.45, 7) is 2.96. The van der Waals surface area contributed by atoms with Gasteiger partial charge in [0.1, 0.15) is 0 Å². The molecule has 0 radical (unpaired) electrons. The molecule has 2 heterocycles. The molecule has 0 unspecified atom stereocenters. The van der Waals surface area contributed by atoms with E-state index in [0.717, 1.165) is 45.3 Å². The van der Waals surface area contributed by atoms with Crippen molar-refractivity contribution in [3.8, 4) is 11.3 Å². The first kappa shape index (κ1) is 25.0. The summed E-state index contributed by atoms with van der Waals surface area (Å²) in [5.74, 6) is -0.328. The summed E-state index contributed by atoms with van der Waals surface area (Å²) in [7, 11) is 2.00. The van der Waals surface area contributed by atoms with Gasteiger partial charge in [0.2, 0.25) is 5.91 Å². The number of hydrogen-bond donors (Lipinski definition) is 1. The fraction of sp³-hybridized carbons (Fsp3) is 0.304. The topological polar surface area (TPSA) is 48.5 Å². The lowest BCUT2D eigenvalue weighted by Crippen LogP contribution is -2.44. The lowest BCUT2D eigenvalue weighted by Gasteiger charge is -2.35. The Kier molecular flexibility index (Phi) is 7.86. The van der Waals surface area contributed by atoms with Crippen molar-refractivity contribution < 1.29 is 18.0 Å². The van der Waals surface area contributed by atoms with Crippen molar-refractivity contribution in [2.45, 2.75) is 10.5 Å². The molecular formula is C23H22BrF3N4OS2. The van der Waals surface area contributed by atoms with Gasteiger partial charge in [-0.15, -0.1) is 11.3 Å². The molecule has 5 nitrogen and oxygen atoms in total. The van der Waals surface area contributed by atoms with E-state index in [1.165, 1.54) is 29.2 Å². The van der Waals surface area contributed by atoms with E-state index >= 15 is 0 Å². The maximum Gasteiger partial charge on any atom is 0.416 e. The van der Waals surface area contributed by atoms with E-state index < -0.39 is 11.7 Å². The number of anilines is 2. The highest BCUT2D eigenvalue weighted by molar-refractivity contribution is 9.10. The van der Waals surface area contributed by atoms with Crippen molar-refractivity contribution in [3.63, 3.8) is 0 Å². The van der Waals surface area contributed by atoms with Crippen molar-refractivity contribution in [2.75, 3.05) is 49.2 Å². The lowest BCUT2D eigenvalue weighted by atomic mass is 10.1. The van der Waals surface area contributed by atoms with Gasteiger partial charge in [-0.25, -0.2) is 4.98 Å². The zero-order valence-corrected chi connectivity index (χ0v) is 21.5. The molecule has 1 amide bonds. The van der Waals surface area contributed by atoms with Gasteiger partial charge in [0.25, 0.3) is 0 Å². The van der Waals surface area contributed by atoms with Crippen LogP contribution >= 0.6 is 39.0 Å². The predicted octanol–water partition coefficient (Wildman–Crippen LogP) is 6.07. The number of benzene rings is 2. The molecule has 180 valence electrons. The van der Waals surface area contributed by atoms with Gasteiger partial charge in [-0.1, -0.05) is 39.8 Å². The van der Waals surface area contributed by atoms with Crippen molar-refractivity contribution in [1.82, 2.24) is 9.88 Å². The summed E-state index contributed by atoms with van der Waals surface area (Å²) in [6.07, 6.45) is -4.49. The number of halogens is 4. The van der Waals surface area contributed by atoms with Crippen molar-refractivity contribution >= 4 is 56.3 Å². The Morgan fingerprint density at radius 3 is 2.53 bits per heavy atom. The van der Waals surface area contributed by atoms with Crippen LogP contribution in [-0.2, 0) is 11.0 Å². The van der Waals surface area contributed by atoms with Crippen LogP contribution in [-0.4, -0.2) is 54.8 Å². The van der Waals surface area contributed by atoms with E-state index in [2.05, 4.69) is 31.1 Å². The Morgan fingerprint density at radius 1 is 1.15 bits per heavy atom. The average Bonchev–Trinajstić information content (AvgIpc) is 3.27. The highest BCUT2D eigenvalue weighted by Gasteiger charge is 2.32. The monoisotopic (exact) mass is 570 g/mol. The van der Waals surface area contributed by atoms with Crippen molar-refractivity contribution in [1.29, 1.82) is 0 Å². The number of rotatable bonds is 6. The molecule has 11 heteroatoms. The van der Waals surface area contributed by atoms with Crippen LogP contribution in [0.15, 0.2) is 56.7 Å². The largest absolute Gasteiger partial charge is 0.416 e. The minimum Gasteiger partial charge on any atom is -0.367 e. The summed E-state index contributed by atoms with van der Waals surface area (Å²) in [6, 6.07) is 11.3. The maximum atomic E-state index is 13.3. The van der Waals surface area contributed by atoms with Gasteiger partial charge >= 0.3 is 6.18 Å². The SMILES string of the molecule is CN1CCN(c2ccc(C(F)(F)F)cc2NC(=O)CSc2nc(-c3ccc(Br)cc3)cs2)CC1. The van der Waals surface area contributed by atoms with Crippen LogP contribution in [0.25, 0.3) is 11.3 Å². The second kappa shape index (κ2) is 10.7. The van der Waals surface area contributed by atoms with Crippen molar-refractivity contribution in [2.24, 2.45) is 0 Å². The third-order valence-electron chi connectivity index (χ3n) is 5.39. The van der Waals surface area contributed by atoms with Crippen LogP contribution in [0.4, 0.5) is 24.5 Å². The molecule has 1 aliphatic heterocycles. The maximum absolute atomic E-state index is 13.3. The molecule has 1 aliphatic rings. The number of carbonyl (C=O) groups excluding carboxylic acids is 1. The highest BCUT2D eigenvalue weighted by Crippen LogP contribution is 2.36. The molecule has 0 spiro atoms. The van der Waals surface area contributed by atoms with E-state index in [-0.39, 0.29) is 17.3 Å². The molecule has 1 aromatic heterocycles. The lowest BCUT2D eigenvalue weighted by molar-refractivity contribution is -0.137. The Balaban J connectivity index is 1.45.